The predicted octanol–water partition coefficient (Wildman–Crippen LogP) is 2.89. The summed E-state index contributed by atoms with van der Waals surface area (Å²) in [5.74, 6) is -0.0930. The maximum Gasteiger partial charge on any atom is 0.268 e. The van der Waals surface area contributed by atoms with Crippen LogP contribution in [0.25, 0.3) is 6.08 Å². The molecule has 1 unspecified atom stereocenters. The van der Waals surface area contributed by atoms with Gasteiger partial charge in [-0.1, -0.05) is 43.3 Å². The molecule has 1 aliphatic rings. The smallest absolute Gasteiger partial charge is 0.268 e. The van der Waals surface area contributed by atoms with Crippen LogP contribution in [0.15, 0.2) is 54.2 Å². The molecule has 3 rings (SSSR count). The van der Waals surface area contributed by atoms with Crippen LogP contribution in [0, 0.1) is 11.3 Å². The molecule has 148 valence electrons. The van der Waals surface area contributed by atoms with Crippen LogP contribution in [0.5, 0.6) is 5.75 Å². The molecule has 0 spiro atoms. The van der Waals surface area contributed by atoms with Crippen LogP contribution in [0.3, 0.4) is 0 Å². The van der Waals surface area contributed by atoms with E-state index in [2.05, 4.69) is 11.4 Å². The number of nitrogens with zero attached hydrogens (tertiary/aromatic N) is 2. The average molecular weight is 389 g/mol. The highest BCUT2D eigenvalue weighted by Crippen LogP contribution is 2.30. The number of methoxy groups -OCH3 is 1. The third-order valence-electron chi connectivity index (χ3n) is 5.30. The molecule has 2 aromatic rings. The molecule has 1 heterocycles. The molecule has 1 aliphatic heterocycles. The first kappa shape index (κ1) is 20.2. The van der Waals surface area contributed by atoms with Crippen molar-refractivity contribution in [1.82, 2.24) is 10.2 Å². The Morgan fingerprint density at radius 1 is 1.17 bits per heavy atom. The van der Waals surface area contributed by atoms with Crippen molar-refractivity contribution in [1.29, 1.82) is 5.26 Å². The number of carbonyl (C=O) groups excluding carboxylic acids is 2. The molecule has 1 N–H and O–H groups in total. The minimum atomic E-state index is -1.01. The molecule has 6 nitrogen and oxygen atoms in total. The summed E-state index contributed by atoms with van der Waals surface area (Å²) in [5, 5.41) is 12.4. The Kier molecular flexibility index (Phi) is 5.69. The Labute approximate surface area is 170 Å². The van der Waals surface area contributed by atoms with Gasteiger partial charge >= 0.3 is 0 Å². The third-order valence-corrected chi connectivity index (χ3v) is 5.30. The number of rotatable bonds is 5. The molecule has 0 radical (unpaired) electrons. The molecule has 29 heavy (non-hydrogen) atoms. The molecule has 1 saturated heterocycles. The fourth-order valence-electron chi connectivity index (χ4n) is 3.61. The van der Waals surface area contributed by atoms with Crippen molar-refractivity contribution in [2.45, 2.75) is 25.3 Å². The molecular weight excluding hydrogens is 366 g/mol. The molecule has 1 fully saturated rings. The summed E-state index contributed by atoms with van der Waals surface area (Å²) < 4.78 is 5.34. The number of hydrogen-bond donors (Lipinski definition) is 1. The first-order chi connectivity index (χ1) is 14.0. The van der Waals surface area contributed by atoms with Crippen molar-refractivity contribution in [3.63, 3.8) is 0 Å². The second-order valence-corrected chi connectivity index (χ2v) is 6.98. The summed E-state index contributed by atoms with van der Waals surface area (Å²) in [6.07, 6.45) is 2.40. The summed E-state index contributed by atoms with van der Waals surface area (Å²) >= 11 is 0. The van der Waals surface area contributed by atoms with Crippen molar-refractivity contribution in [2.75, 3.05) is 14.2 Å². The molecule has 1 atom stereocenters. The Balaban J connectivity index is 2.01. The second-order valence-electron chi connectivity index (χ2n) is 6.98. The third kappa shape index (κ3) is 3.72. The number of ether oxygens (including phenoxy) is 1. The van der Waals surface area contributed by atoms with E-state index in [0.717, 1.165) is 5.56 Å². The Morgan fingerprint density at radius 2 is 1.90 bits per heavy atom. The summed E-state index contributed by atoms with van der Waals surface area (Å²) in [7, 11) is 3.08. The standard InChI is InChI=1S/C23H23N3O3/c1-4-23(14-16-9-6-5-7-10-16)22(28)26(2)19(21(27)25-23)13-18-17(15-24)11-8-12-20(18)29-3/h5-13H,4,14H2,1-3H3,(H,25,27)/b19-13+. The SMILES string of the molecule is CCC1(Cc2ccccc2)NC(=O)/C(=C\c2c(C#N)cccc2OC)N(C)C1=O. The van der Waals surface area contributed by atoms with Gasteiger partial charge in [-0.25, -0.2) is 0 Å². The van der Waals surface area contributed by atoms with Crippen LogP contribution in [-0.2, 0) is 16.0 Å². The van der Waals surface area contributed by atoms with Crippen molar-refractivity contribution >= 4 is 17.9 Å². The zero-order valence-electron chi connectivity index (χ0n) is 16.7. The Morgan fingerprint density at radius 3 is 2.52 bits per heavy atom. The van der Waals surface area contributed by atoms with Crippen molar-refractivity contribution in [2.24, 2.45) is 0 Å². The van der Waals surface area contributed by atoms with Crippen LogP contribution < -0.4 is 10.1 Å². The van der Waals surface area contributed by atoms with E-state index in [9.17, 15) is 14.9 Å². The number of carbonyl (C=O) groups is 2. The quantitative estimate of drug-likeness (QED) is 0.797. The van der Waals surface area contributed by atoms with Gasteiger partial charge in [0.15, 0.2) is 0 Å². The lowest BCUT2D eigenvalue weighted by Crippen LogP contribution is -2.65. The van der Waals surface area contributed by atoms with Crippen molar-refractivity contribution < 1.29 is 14.3 Å². The second kappa shape index (κ2) is 8.19. The van der Waals surface area contributed by atoms with E-state index >= 15 is 0 Å². The van der Waals surface area contributed by atoms with E-state index < -0.39 is 5.54 Å². The van der Waals surface area contributed by atoms with Gasteiger partial charge in [0, 0.05) is 19.0 Å². The summed E-state index contributed by atoms with van der Waals surface area (Å²) in [4.78, 5) is 27.7. The van der Waals surface area contributed by atoms with Gasteiger partial charge in [0.2, 0.25) is 0 Å². The van der Waals surface area contributed by atoms with Gasteiger partial charge in [-0.2, -0.15) is 5.26 Å². The number of nitrogens with one attached hydrogen (secondary N) is 1. The van der Waals surface area contributed by atoms with Gasteiger partial charge in [0.1, 0.15) is 17.0 Å². The minimum absolute atomic E-state index is 0.174. The van der Waals surface area contributed by atoms with Crippen molar-refractivity contribution in [3.05, 3.63) is 70.9 Å². The topological polar surface area (TPSA) is 82.4 Å². The maximum atomic E-state index is 13.3. The lowest BCUT2D eigenvalue weighted by molar-refractivity contribution is -0.144. The zero-order chi connectivity index (χ0) is 21.0. The Bertz CT molecular complexity index is 1010. The highest BCUT2D eigenvalue weighted by Gasteiger charge is 2.46. The zero-order valence-corrected chi connectivity index (χ0v) is 16.7. The highest BCUT2D eigenvalue weighted by atomic mass is 16.5. The molecule has 0 aromatic heterocycles. The van der Waals surface area contributed by atoms with E-state index in [4.69, 9.17) is 4.74 Å². The lowest BCUT2D eigenvalue weighted by Gasteiger charge is -2.41. The predicted molar refractivity (Wildman–Crippen MR) is 110 cm³/mol. The largest absolute Gasteiger partial charge is 0.496 e. The fraction of sp³-hybridized carbons (Fsp3) is 0.261. The van der Waals surface area contributed by atoms with Crippen molar-refractivity contribution in [3.8, 4) is 11.8 Å². The van der Waals surface area contributed by atoms with E-state index in [1.807, 2.05) is 37.3 Å². The van der Waals surface area contributed by atoms with Crippen LogP contribution in [-0.4, -0.2) is 36.4 Å². The van der Waals surface area contributed by atoms with Crippen LogP contribution in [0.4, 0.5) is 0 Å². The number of benzene rings is 2. The van der Waals surface area contributed by atoms with Crippen LogP contribution in [0.2, 0.25) is 0 Å². The van der Waals surface area contributed by atoms with Gasteiger partial charge in [-0.05, 0) is 30.2 Å². The summed E-state index contributed by atoms with van der Waals surface area (Å²) in [6, 6.07) is 16.8. The molecule has 2 aromatic carbocycles. The van der Waals surface area contributed by atoms with E-state index in [0.29, 0.717) is 29.7 Å². The van der Waals surface area contributed by atoms with E-state index in [1.54, 1.807) is 25.2 Å². The number of amides is 2. The first-order valence-electron chi connectivity index (χ1n) is 9.39. The molecule has 6 heteroatoms. The normalized spacial score (nSPS) is 20.3. The number of hydrogen-bond acceptors (Lipinski definition) is 4. The molecule has 0 bridgehead atoms. The van der Waals surface area contributed by atoms with Gasteiger partial charge in [-0.3, -0.25) is 9.59 Å². The number of likely N-dealkylation sites (N-methyl/N-ethyl adjacent to an activating group) is 1. The lowest BCUT2D eigenvalue weighted by atomic mass is 9.84. The van der Waals surface area contributed by atoms with Gasteiger partial charge < -0.3 is 15.0 Å². The minimum Gasteiger partial charge on any atom is -0.496 e. The maximum absolute atomic E-state index is 13.3. The summed E-state index contributed by atoms with van der Waals surface area (Å²) in [5.41, 5.74) is 0.966. The number of nitriles is 1. The number of piperazine rings is 1. The molecule has 0 saturated carbocycles. The Hall–Kier alpha value is -3.59. The first-order valence-corrected chi connectivity index (χ1v) is 9.39. The van der Waals surface area contributed by atoms with E-state index in [1.165, 1.54) is 18.1 Å². The van der Waals surface area contributed by atoms with E-state index in [-0.39, 0.29) is 17.5 Å². The van der Waals surface area contributed by atoms with Gasteiger partial charge in [0.05, 0.1) is 18.7 Å². The van der Waals surface area contributed by atoms with Crippen LogP contribution in [0.1, 0.15) is 30.0 Å². The monoisotopic (exact) mass is 389 g/mol. The molecule has 0 aliphatic carbocycles. The molecular formula is C23H23N3O3. The summed E-state index contributed by atoms with van der Waals surface area (Å²) in [6.45, 7) is 1.89. The van der Waals surface area contributed by atoms with Gasteiger partial charge in [-0.15, -0.1) is 0 Å². The fourth-order valence-corrected chi connectivity index (χ4v) is 3.61. The highest BCUT2D eigenvalue weighted by molar-refractivity contribution is 6.09. The van der Waals surface area contributed by atoms with Gasteiger partial charge in [0.25, 0.3) is 11.8 Å². The average Bonchev–Trinajstić information content (AvgIpc) is 2.75. The van der Waals surface area contributed by atoms with Crippen LogP contribution >= 0.6 is 0 Å². The molecule has 2 amide bonds.